The van der Waals surface area contributed by atoms with E-state index in [0.29, 0.717) is 11.3 Å². The SMILES string of the molecule is CC=COc1ccc(C=C(C(=O)OCC)C(=O)OCC)cc1. The van der Waals surface area contributed by atoms with Crippen molar-refractivity contribution >= 4 is 18.0 Å². The Morgan fingerprint density at radius 2 is 1.55 bits per heavy atom. The van der Waals surface area contributed by atoms with Gasteiger partial charge < -0.3 is 14.2 Å². The molecule has 0 atom stereocenters. The van der Waals surface area contributed by atoms with E-state index in [2.05, 4.69) is 0 Å². The van der Waals surface area contributed by atoms with E-state index in [-0.39, 0.29) is 18.8 Å². The number of ether oxygens (including phenoxy) is 3. The summed E-state index contributed by atoms with van der Waals surface area (Å²) in [5, 5.41) is 0. The van der Waals surface area contributed by atoms with Crippen LogP contribution in [0, 0.1) is 0 Å². The average Bonchev–Trinajstić information content (AvgIpc) is 2.52. The number of carbonyl (C=O) groups excluding carboxylic acids is 2. The van der Waals surface area contributed by atoms with Gasteiger partial charge in [-0.3, -0.25) is 0 Å². The standard InChI is InChI=1S/C17H20O5/c1-4-11-22-14-9-7-13(8-10-14)12-15(16(18)20-5-2)17(19)21-6-3/h4,7-12H,5-6H2,1-3H3. The highest BCUT2D eigenvalue weighted by atomic mass is 16.6. The smallest absolute Gasteiger partial charge is 0.345 e. The number of esters is 2. The van der Waals surface area contributed by atoms with Crippen molar-refractivity contribution in [2.24, 2.45) is 0 Å². The van der Waals surface area contributed by atoms with Gasteiger partial charge in [0.1, 0.15) is 11.3 Å². The van der Waals surface area contributed by atoms with E-state index in [4.69, 9.17) is 14.2 Å². The third-order valence-electron chi connectivity index (χ3n) is 2.52. The van der Waals surface area contributed by atoms with E-state index < -0.39 is 11.9 Å². The Kier molecular flexibility index (Phi) is 7.47. The molecule has 0 aliphatic heterocycles. The summed E-state index contributed by atoms with van der Waals surface area (Å²) in [4.78, 5) is 23.7. The van der Waals surface area contributed by atoms with Gasteiger partial charge in [-0.2, -0.15) is 0 Å². The Bertz CT molecular complexity index is 535. The predicted octanol–water partition coefficient (Wildman–Crippen LogP) is 3.11. The zero-order chi connectivity index (χ0) is 16.4. The molecule has 0 heterocycles. The summed E-state index contributed by atoms with van der Waals surface area (Å²) in [6.07, 6.45) is 4.77. The van der Waals surface area contributed by atoms with Crippen LogP contribution in [0.4, 0.5) is 0 Å². The summed E-state index contributed by atoms with van der Waals surface area (Å²) in [6, 6.07) is 6.94. The number of allylic oxidation sites excluding steroid dienone is 1. The van der Waals surface area contributed by atoms with E-state index in [1.165, 1.54) is 6.08 Å². The minimum atomic E-state index is -0.699. The topological polar surface area (TPSA) is 61.8 Å². The first kappa shape index (κ1) is 17.5. The number of hydrogen-bond acceptors (Lipinski definition) is 5. The van der Waals surface area contributed by atoms with E-state index in [0.717, 1.165) is 0 Å². The molecule has 0 bridgehead atoms. The molecule has 5 nitrogen and oxygen atoms in total. The minimum absolute atomic E-state index is 0.133. The third kappa shape index (κ3) is 5.44. The molecule has 1 rings (SSSR count). The zero-order valence-electron chi connectivity index (χ0n) is 13.0. The summed E-state index contributed by atoms with van der Waals surface area (Å²) < 4.78 is 15.1. The highest BCUT2D eigenvalue weighted by molar-refractivity contribution is 6.17. The van der Waals surface area contributed by atoms with Gasteiger partial charge in [0.2, 0.25) is 0 Å². The Morgan fingerprint density at radius 1 is 1.00 bits per heavy atom. The first-order chi connectivity index (χ1) is 10.6. The molecule has 0 saturated heterocycles. The summed E-state index contributed by atoms with van der Waals surface area (Å²) in [5.74, 6) is -0.741. The zero-order valence-corrected chi connectivity index (χ0v) is 13.0. The Hall–Kier alpha value is -2.56. The van der Waals surface area contributed by atoms with Crippen LogP contribution in [0.2, 0.25) is 0 Å². The predicted molar refractivity (Wildman–Crippen MR) is 83.1 cm³/mol. The van der Waals surface area contributed by atoms with Gasteiger partial charge in [-0.05, 0) is 44.5 Å². The van der Waals surface area contributed by atoms with Crippen LogP contribution >= 0.6 is 0 Å². The lowest BCUT2D eigenvalue weighted by Gasteiger charge is -2.07. The highest BCUT2D eigenvalue weighted by Crippen LogP contribution is 2.16. The average molecular weight is 304 g/mol. The van der Waals surface area contributed by atoms with Gasteiger partial charge in [-0.25, -0.2) is 9.59 Å². The quantitative estimate of drug-likeness (QED) is 0.255. The van der Waals surface area contributed by atoms with Crippen molar-refractivity contribution in [3.05, 3.63) is 47.7 Å². The monoisotopic (exact) mass is 304 g/mol. The summed E-state index contributed by atoms with van der Waals surface area (Å²) >= 11 is 0. The van der Waals surface area contributed by atoms with E-state index >= 15 is 0 Å². The number of benzene rings is 1. The summed E-state index contributed by atoms with van der Waals surface area (Å²) in [6.45, 7) is 5.57. The first-order valence-electron chi connectivity index (χ1n) is 7.06. The molecule has 1 aromatic rings. The highest BCUT2D eigenvalue weighted by Gasteiger charge is 2.20. The maximum atomic E-state index is 11.8. The lowest BCUT2D eigenvalue weighted by atomic mass is 10.1. The van der Waals surface area contributed by atoms with Gasteiger partial charge in [0, 0.05) is 0 Å². The number of hydrogen-bond donors (Lipinski definition) is 0. The molecule has 0 amide bonds. The van der Waals surface area contributed by atoms with E-state index in [1.807, 2.05) is 6.92 Å². The number of rotatable bonds is 7. The molecule has 0 saturated carbocycles. The van der Waals surface area contributed by atoms with Crippen molar-refractivity contribution in [1.29, 1.82) is 0 Å². The lowest BCUT2D eigenvalue weighted by Crippen LogP contribution is -2.18. The second-order valence-corrected chi connectivity index (χ2v) is 4.16. The lowest BCUT2D eigenvalue weighted by molar-refractivity contribution is -0.146. The van der Waals surface area contributed by atoms with Crippen molar-refractivity contribution in [3.63, 3.8) is 0 Å². The Labute approximate surface area is 130 Å². The first-order valence-corrected chi connectivity index (χ1v) is 7.06. The van der Waals surface area contributed by atoms with Gasteiger partial charge in [0.05, 0.1) is 19.5 Å². The van der Waals surface area contributed by atoms with Crippen molar-refractivity contribution in [2.75, 3.05) is 13.2 Å². The molecule has 1 aromatic carbocycles. The van der Waals surface area contributed by atoms with Crippen molar-refractivity contribution < 1.29 is 23.8 Å². The van der Waals surface area contributed by atoms with E-state index in [1.54, 1.807) is 50.5 Å². The van der Waals surface area contributed by atoms with Crippen LogP contribution in [0.5, 0.6) is 5.75 Å². The fourth-order valence-corrected chi connectivity index (χ4v) is 1.57. The van der Waals surface area contributed by atoms with E-state index in [9.17, 15) is 9.59 Å². The van der Waals surface area contributed by atoms with Crippen LogP contribution in [0.15, 0.2) is 42.2 Å². The summed E-state index contributed by atoms with van der Waals surface area (Å²) in [7, 11) is 0. The Morgan fingerprint density at radius 3 is 2.00 bits per heavy atom. The van der Waals surface area contributed by atoms with Crippen LogP contribution in [-0.2, 0) is 19.1 Å². The molecular formula is C17H20O5. The maximum absolute atomic E-state index is 11.8. The van der Waals surface area contributed by atoms with Crippen molar-refractivity contribution in [2.45, 2.75) is 20.8 Å². The molecule has 0 unspecified atom stereocenters. The molecule has 0 radical (unpaired) electrons. The molecule has 5 heteroatoms. The molecule has 0 aliphatic rings. The van der Waals surface area contributed by atoms with Gasteiger partial charge in [0.25, 0.3) is 0 Å². The fourth-order valence-electron chi connectivity index (χ4n) is 1.57. The fraction of sp³-hybridized carbons (Fsp3) is 0.294. The van der Waals surface area contributed by atoms with Crippen molar-refractivity contribution in [1.82, 2.24) is 0 Å². The van der Waals surface area contributed by atoms with Gasteiger partial charge in [-0.1, -0.05) is 18.2 Å². The van der Waals surface area contributed by atoms with Gasteiger partial charge in [-0.15, -0.1) is 0 Å². The van der Waals surface area contributed by atoms with Crippen LogP contribution in [0.3, 0.4) is 0 Å². The second-order valence-electron chi connectivity index (χ2n) is 4.16. The molecule has 0 aromatic heterocycles. The van der Waals surface area contributed by atoms with Gasteiger partial charge >= 0.3 is 11.9 Å². The normalized spacial score (nSPS) is 10.1. The van der Waals surface area contributed by atoms with Crippen LogP contribution in [-0.4, -0.2) is 25.2 Å². The third-order valence-corrected chi connectivity index (χ3v) is 2.52. The van der Waals surface area contributed by atoms with Gasteiger partial charge in [0.15, 0.2) is 0 Å². The molecule has 0 N–H and O–H groups in total. The molecule has 0 spiro atoms. The molecule has 118 valence electrons. The summed E-state index contributed by atoms with van der Waals surface area (Å²) in [5.41, 5.74) is 0.537. The Balaban J connectivity index is 2.99. The van der Waals surface area contributed by atoms with Crippen LogP contribution in [0.25, 0.3) is 6.08 Å². The van der Waals surface area contributed by atoms with Crippen LogP contribution in [0.1, 0.15) is 26.3 Å². The molecule has 0 aliphatic carbocycles. The van der Waals surface area contributed by atoms with Crippen LogP contribution < -0.4 is 4.74 Å². The molecule has 22 heavy (non-hydrogen) atoms. The second kappa shape index (κ2) is 9.39. The molecule has 0 fully saturated rings. The maximum Gasteiger partial charge on any atom is 0.345 e. The van der Waals surface area contributed by atoms with Crippen molar-refractivity contribution in [3.8, 4) is 5.75 Å². The molecular weight excluding hydrogens is 284 g/mol. The largest absolute Gasteiger partial charge is 0.465 e. The number of carbonyl (C=O) groups is 2. The minimum Gasteiger partial charge on any atom is -0.465 e.